The van der Waals surface area contributed by atoms with E-state index in [-0.39, 0.29) is 5.54 Å². The molecule has 1 aromatic carbocycles. The topological polar surface area (TPSA) is 15.3 Å². The van der Waals surface area contributed by atoms with Crippen molar-refractivity contribution in [2.24, 2.45) is 0 Å². The van der Waals surface area contributed by atoms with Crippen LogP contribution in [0.4, 0.5) is 5.69 Å². The van der Waals surface area contributed by atoms with E-state index in [1.165, 1.54) is 29.7 Å². The van der Waals surface area contributed by atoms with Crippen molar-refractivity contribution < 1.29 is 0 Å². The SMILES string of the molecule is CCN(c1ccc(CNC(C)(C)C)c(C)c1)C1CC1. The zero-order chi connectivity index (χ0) is 14.0. The molecule has 19 heavy (non-hydrogen) atoms. The summed E-state index contributed by atoms with van der Waals surface area (Å²) in [7, 11) is 0. The summed E-state index contributed by atoms with van der Waals surface area (Å²) in [5.41, 5.74) is 4.37. The lowest BCUT2D eigenvalue weighted by molar-refractivity contribution is 0.424. The predicted molar refractivity (Wildman–Crippen MR) is 83.8 cm³/mol. The van der Waals surface area contributed by atoms with Crippen LogP contribution in [0.25, 0.3) is 0 Å². The van der Waals surface area contributed by atoms with Crippen LogP contribution in [0.15, 0.2) is 18.2 Å². The average molecular weight is 260 g/mol. The molecule has 1 aromatic rings. The molecule has 0 radical (unpaired) electrons. The molecule has 0 atom stereocenters. The van der Waals surface area contributed by atoms with E-state index < -0.39 is 0 Å². The van der Waals surface area contributed by atoms with Crippen LogP contribution in [-0.2, 0) is 6.54 Å². The first-order valence-electron chi connectivity index (χ1n) is 7.52. The maximum Gasteiger partial charge on any atom is 0.0371 e. The molecule has 0 unspecified atom stereocenters. The molecule has 106 valence electrons. The van der Waals surface area contributed by atoms with Crippen molar-refractivity contribution in [1.82, 2.24) is 5.32 Å². The Morgan fingerprint density at radius 2 is 1.95 bits per heavy atom. The monoisotopic (exact) mass is 260 g/mol. The lowest BCUT2D eigenvalue weighted by Crippen LogP contribution is -2.35. The van der Waals surface area contributed by atoms with Gasteiger partial charge in [-0.15, -0.1) is 0 Å². The van der Waals surface area contributed by atoms with Crippen LogP contribution in [0.3, 0.4) is 0 Å². The van der Waals surface area contributed by atoms with Crippen LogP contribution in [-0.4, -0.2) is 18.1 Å². The Balaban J connectivity index is 2.08. The van der Waals surface area contributed by atoms with Crippen molar-refractivity contribution in [2.75, 3.05) is 11.4 Å². The van der Waals surface area contributed by atoms with Crippen molar-refractivity contribution in [3.8, 4) is 0 Å². The molecule has 0 spiro atoms. The zero-order valence-corrected chi connectivity index (χ0v) is 13.1. The van der Waals surface area contributed by atoms with Gasteiger partial charge in [0.15, 0.2) is 0 Å². The van der Waals surface area contributed by atoms with Crippen molar-refractivity contribution in [1.29, 1.82) is 0 Å². The predicted octanol–water partition coefficient (Wildman–Crippen LogP) is 3.87. The van der Waals surface area contributed by atoms with Gasteiger partial charge >= 0.3 is 0 Å². The maximum absolute atomic E-state index is 3.56. The highest BCUT2D eigenvalue weighted by Gasteiger charge is 2.28. The second kappa shape index (κ2) is 5.54. The fourth-order valence-electron chi connectivity index (χ4n) is 2.46. The third-order valence-corrected chi connectivity index (χ3v) is 3.80. The van der Waals surface area contributed by atoms with Gasteiger partial charge in [0.1, 0.15) is 0 Å². The molecule has 1 aliphatic carbocycles. The standard InChI is InChI=1S/C17H28N2/c1-6-19(15-9-10-15)16-8-7-14(13(2)11-16)12-18-17(3,4)5/h7-8,11,15,18H,6,9-10,12H2,1-5H3. The van der Waals surface area contributed by atoms with Crippen molar-refractivity contribution in [3.05, 3.63) is 29.3 Å². The molecule has 2 nitrogen and oxygen atoms in total. The van der Waals surface area contributed by atoms with Gasteiger partial charge in [-0.1, -0.05) is 6.07 Å². The van der Waals surface area contributed by atoms with Gasteiger partial charge in [0, 0.05) is 30.4 Å². The van der Waals surface area contributed by atoms with Gasteiger partial charge in [0.25, 0.3) is 0 Å². The molecular formula is C17H28N2. The second-order valence-corrected chi connectivity index (χ2v) is 6.73. The number of nitrogens with zero attached hydrogens (tertiary/aromatic N) is 1. The normalized spacial score (nSPS) is 15.6. The first-order chi connectivity index (χ1) is 8.90. The van der Waals surface area contributed by atoms with Crippen molar-refractivity contribution in [2.45, 2.75) is 65.6 Å². The third-order valence-electron chi connectivity index (χ3n) is 3.80. The Morgan fingerprint density at radius 1 is 1.26 bits per heavy atom. The number of hydrogen-bond acceptors (Lipinski definition) is 2. The lowest BCUT2D eigenvalue weighted by Gasteiger charge is -2.25. The van der Waals surface area contributed by atoms with Crippen molar-refractivity contribution in [3.63, 3.8) is 0 Å². The van der Waals surface area contributed by atoms with E-state index >= 15 is 0 Å². The minimum absolute atomic E-state index is 0.175. The molecule has 1 N–H and O–H groups in total. The van der Waals surface area contributed by atoms with E-state index in [2.05, 4.69) is 63.0 Å². The molecule has 0 aliphatic heterocycles. The zero-order valence-electron chi connectivity index (χ0n) is 13.1. The number of aryl methyl sites for hydroxylation is 1. The maximum atomic E-state index is 3.56. The van der Waals surface area contributed by atoms with Gasteiger partial charge in [-0.3, -0.25) is 0 Å². The Morgan fingerprint density at radius 3 is 2.42 bits per heavy atom. The Hall–Kier alpha value is -1.02. The second-order valence-electron chi connectivity index (χ2n) is 6.73. The summed E-state index contributed by atoms with van der Waals surface area (Å²) in [4.78, 5) is 2.54. The molecule has 0 aromatic heterocycles. The summed E-state index contributed by atoms with van der Waals surface area (Å²) >= 11 is 0. The lowest BCUT2D eigenvalue weighted by atomic mass is 10.0. The molecule has 0 bridgehead atoms. The minimum Gasteiger partial charge on any atom is -0.369 e. The first-order valence-corrected chi connectivity index (χ1v) is 7.52. The Bertz CT molecular complexity index is 427. The van der Waals surface area contributed by atoms with Crippen molar-refractivity contribution >= 4 is 5.69 Å². The fraction of sp³-hybridized carbons (Fsp3) is 0.647. The largest absolute Gasteiger partial charge is 0.369 e. The van der Waals surface area contributed by atoms with Crippen LogP contribution in [0.1, 0.15) is 51.7 Å². The molecule has 0 heterocycles. The van der Waals surface area contributed by atoms with E-state index in [1.807, 2.05) is 0 Å². The third kappa shape index (κ3) is 3.97. The Kier molecular flexibility index (Phi) is 4.19. The molecule has 2 heteroatoms. The molecule has 1 fully saturated rings. The number of anilines is 1. The molecule has 1 aliphatic rings. The highest BCUT2D eigenvalue weighted by Crippen LogP contribution is 2.32. The van der Waals surface area contributed by atoms with E-state index in [0.717, 1.165) is 19.1 Å². The summed E-state index contributed by atoms with van der Waals surface area (Å²) in [5.74, 6) is 0. The first kappa shape index (κ1) is 14.4. The van der Waals surface area contributed by atoms with E-state index in [9.17, 15) is 0 Å². The van der Waals surface area contributed by atoms with Gasteiger partial charge in [-0.25, -0.2) is 0 Å². The summed E-state index contributed by atoms with van der Waals surface area (Å²) in [5, 5.41) is 3.56. The fourth-order valence-corrected chi connectivity index (χ4v) is 2.46. The van der Waals surface area contributed by atoms with Crippen LogP contribution in [0, 0.1) is 6.92 Å². The van der Waals surface area contributed by atoms with E-state index in [4.69, 9.17) is 0 Å². The van der Waals surface area contributed by atoms with Gasteiger partial charge < -0.3 is 10.2 Å². The Labute approximate surface area is 118 Å². The number of benzene rings is 1. The van der Waals surface area contributed by atoms with Crippen LogP contribution >= 0.6 is 0 Å². The van der Waals surface area contributed by atoms with Gasteiger partial charge in [-0.2, -0.15) is 0 Å². The summed E-state index contributed by atoms with van der Waals surface area (Å²) in [6.45, 7) is 13.2. The highest BCUT2D eigenvalue weighted by molar-refractivity contribution is 5.52. The molecule has 0 amide bonds. The van der Waals surface area contributed by atoms with Gasteiger partial charge in [0.05, 0.1) is 0 Å². The molecule has 2 rings (SSSR count). The number of rotatable bonds is 5. The quantitative estimate of drug-likeness (QED) is 0.864. The van der Waals surface area contributed by atoms with Gasteiger partial charge in [0.2, 0.25) is 0 Å². The highest BCUT2D eigenvalue weighted by atomic mass is 15.2. The smallest absolute Gasteiger partial charge is 0.0371 e. The van der Waals surface area contributed by atoms with Crippen LogP contribution in [0.5, 0.6) is 0 Å². The number of nitrogens with one attached hydrogen (secondary N) is 1. The van der Waals surface area contributed by atoms with E-state index in [0.29, 0.717) is 0 Å². The summed E-state index contributed by atoms with van der Waals surface area (Å²) < 4.78 is 0. The number of hydrogen-bond donors (Lipinski definition) is 1. The molecular weight excluding hydrogens is 232 g/mol. The summed E-state index contributed by atoms with van der Waals surface area (Å²) in [6, 6.07) is 7.72. The molecule has 0 saturated heterocycles. The minimum atomic E-state index is 0.175. The molecule has 1 saturated carbocycles. The van der Waals surface area contributed by atoms with Gasteiger partial charge in [-0.05, 0) is 70.7 Å². The average Bonchev–Trinajstić information content (AvgIpc) is 3.12. The van der Waals surface area contributed by atoms with Crippen LogP contribution in [0.2, 0.25) is 0 Å². The van der Waals surface area contributed by atoms with Crippen LogP contribution < -0.4 is 10.2 Å². The summed E-state index contributed by atoms with van der Waals surface area (Å²) in [6.07, 6.45) is 2.72. The van der Waals surface area contributed by atoms with E-state index in [1.54, 1.807) is 0 Å².